The molecule has 22 heavy (non-hydrogen) atoms. The Balaban J connectivity index is 1.66. The van der Waals surface area contributed by atoms with E-state index in [4.69, 9.17) is 0 Å². The molecule has 0 aromatic carbocycles. The normalized spacial score (nSPS) is 28.6. The number of allylic oxidation sites excluding steroid dienone is 8. The molecule has 0 aliphatic heterocycles. The third kappa shape index (κ3) is 2.24. The summed E-state index contributed by atoms with van der Waals surface area (Å²) >= 11 is 0. The highest BCUT2D eigenvalue weighted by Gasteiger charge is 2.42. The van der Waals surface area contributed by atoms with Gasteiger partial charge in [-0.05, 0) is 81.4 Å². The van der Waals surface area contributed by atoms with E-state index >= 15 is 0 Å². The number of hydrogen-bond donors (Lipinski definition) is 0. The van der Waals surface area contributed by atoms with Crippen LogP contribution in [0.4, 0.5) is 0 Å². The van der Waals surface area contributed by atoms with Gasteiger partial charge in [-0.3, -0.25) is 0 Å². The minimum Gasteiger partial charge on any atom is -0.0779 e. The van der Waals surface area contributed by atoms with Crippen LogP contribution in [0.5, 0.6) is 0 Å². The van der Waals surface area contributed by atoms with Crippen molar-refractivity contribution >= 4 is 8.07 Å². The summed E-state index contributed by atoms with van der Waals surface area (Å²) in [5, 5.41) is 1.81. The van der Waals surface area contributed by atoms with Crippen LogP contribution in [0.3, 0.4) is 0 Å². The maximum atomic E-state index is 2.66. The van der Waals surface area contributed by atoms with Crippen LogP contribution in [0.25, 0.3) is 0 Å². The summed E-state index contributed by atoms with van der Waals surface area (Å²) in [5.74, 6) is 0. The molecule has 118 valence electrons. The Bertz CT molecular complexity index is 624. The van der Waals surface area contributed by atoms with Gasteiger partial charge in [0, 0.05) is 0 Å². The topological polar surface area (TPSA) is 0 Å². The molecule has 0 amide bonds. The Morgan fingerprint density at radius 1 is 1.00 bits per heavy atom. The van der Waals surface area contributed by atoms with Crippen LogP contribution in [0.2, 0.25) is 18.6 Å². The number of fused-ring (bicyclic) bond motifs is 1. The largest absolute Gasteiger partial charge is 0.0829 e. The lowest BCUT2D eigenvalue weighted by Crippen LogP contribution is -2.37. The molecular weight excluding hydrogens is 280 g/mol. The van der Waals surface area contributed by atoms with Crippen LogP contribution in [-0.2, 0) is 0 Å². The van der Waals surface area contributed by atoms with E-state index in [0.717, 1.165) is 5.54 Å². The highest BCUT2D eigenvalue weighted by Crippen LogP contribution is 2.54. The van der Waals surface area contributed by atoms with Gasteiger partial charge in [-0.2, -0.15) is 0 Å². The minimum absolute atomic E-state index is 0.924. The molecule has 0 fully saturated rings. The zero-order valence-electron chi connectivity index (χ0n) is 14.6. The van der Waals surface area contributed by atoms with Gasteiger partial charge in [-0.25, -0.2) is 0 Å². The Morgan fingerprint density at radius 2 is 1.77 bits per heavy atom. The van der Waals surface area contributed by atoms with E-state index in [2.05, 4.69) is 32.2 Å². The second-order valence-corrected chi connectivity index (χ2v) is 13.2. The van der Waals surface area contributed by atoms with Crippen molar-refractivity contribution in [2.75, 3.05) is 0 Å². The van der Waals surface area contributed by atoms with Gasteiger partial charge in [0.1, 0.15) is 0 Å². The Morgan fingerprint density at radius 3 is 2.55 bits per heavy atom. The second-order valence-electron chi connectivity index (χ2n) is 8.46. The molecule has 0 radical (unpaired) electrons. The van der Waals surface area contributed by atoms with Crippen LogP contribution in [0.15, 0.2) is 45.2 Å². The Hall–Kier alpha value is -0.823. The lowest BCUT2D eigenvalue weighted by Gasteiger charge is -2.39. The second kappa shape index (κ2) is 5.37. The monoisotopic (exact) mass is 310 g/mol. The van der Waals surface area contributed by atoms with Crippen molar-refractivity contribution in [3.8, 4) is 0 Å². The first-order valence-electron chi connectivity index (χ1n) is 9.38. The predicted octanol–water partition coefficient (Wildman–Crippen LogP) is 6.64. The van der Waals surface area contributed by atoms with E-state index in [0.29, 0.717) is 0 Å². The van der Waals surface area contributed by atoms with Gasteiger partial charge in [0.2, 0.25) is 0 Å². The summed E-state index contributed by atoms with van der Waals surface area (Å²) in [4.78, 5) is 0. The van der Waals surface area contributed by atoms with Crippen molar-refractivity contribution < 1.29 is 0 Å². The van der Waals surface area contributed by atoms with Crippen molar-refractivity contribution in [2.45, 2.75) is 83.3 Å². The molecule has 1 unspecified atom stereocenters. The van der Waals surface area contributed by atoms with Crippen molar-refractivity contribution in [1.29, 1.82) is 0 Å². The molecular formula is C21H30Si. The molecule has 0 spiro atoms. The summed E-state index contributed by atoms with van der Waals surface area (Å²) in [6.45, 7) is 7.59. The molecule has 0 saturated carbocycles. The average Bonchev–Trinajstić information content (AvgIpc) is 3.10. The van der Waals surface area contributed by atoms with E-state index in [9.17, 15) is 0 Å². The van der Waals surface area contributed by atoms with Crippen molar-refractivity contribution in [3.05, 3.63) is 45.2 Å². The van der Waals surface area contributed by atoms with Gasteiger partial charge in [0.25, 0.3) is 0 Å². The van der Waals surface area contributed by atoms with E-state index in [-0.39, 0.29) is 0 Å². The minimum atomic E-state index is -1.34. The van der Waals surface area contributed by atoms with E-state index in [1.807, 2.05) is 27.5 Å². The molecule has 1 atom stereocenters. The zero-order valence-corrected chi connectivity index (χ0v) is 15.6. The van der Waals surface area contributed by atoms with Crippen LogP contribution in [0.1, 0.15) is 64.7 Å². The first-order chi connectivity index (χ1) is 10.6. The zero-order chi connectivity index (χ0) is 15.3. The molecule has 4 aliphatic rings. The quantitative estimate of drug-likeness (QED) is 0.502. The SMILES string of the molecule is CC1=CCC([Si](C)(C)C2CCCC3=C2CC2=C3CCCC2)=C1. The van der Waals surface area contributed by atoms with E-state index in [1.54, 1.807) is 0 Å². The molecule has 0 nitrogen and oxygen atoms in total. The highest BCUT2D eigenvalue weighted by molar-refractivity contribution is 6.86. The standard InChI is InChI=1S/C21H30Si/c1-15-11-12-17(13-15)22(2,3)21-10-6-9-19-18-8-5-4-7-16(18)14-20(19)21/h11,13,21H,4-10,12,14H2,1-3H3. The maximum Gasteiger partial charge on any atom is 0.0829 e. The summed E-state index contributed by atoms with van der Waals surface area (Å²) in [5.41, 5.74) is 9.89. The van der Waals surface area contributed by atoms with Crippen molar-refractivity contribution in [2.24, 2.45) is 0 Å². The van der Waals surface area contributed by atoms with Crippen LogP contribution in [-0.4, -0.2) is 8.07 Å². The maximum absolute atomic E-state index is 2.66. The van der Waals surface area contributed by atoms with Crippen molar-refractivity contribution in [3.63, 3.8) is 0 Å². The van der Waals surface area contributed by atoms with E-state index < -0.39 is 8.07 Å². The summed E-state index contributed by atoms with van der Waals surface area (Å²) in [6.07, 6.45) is 17.6. The lowest BCUT2D eigenvalue weighted by atomic mass is 9.87. The molecule has 0 N–H and O–H groups in total. The third-order valence-corrected chi connectivity index (χ3v) is 11.2. The fourth-order valence-corrected chi connectivity index (χ4v) is 9.24. The van der Waals surface area contributed by atoms with Gasteiger partial charge < -0.3 is 0 Å². The molecule has 0 bridgehead atoms. The van der Waals surface area contributed by atoms with Crippen LogP contribution < -0.4 is 0 Å². The fourth-order valence-electron chi connectivity index (χ4n) is 5.49. The Kier molecular flexibility index (Phi) is 3.60. The van der Waals surface area contributed by atoms with E-state index in [1.165, 1.54) is 63.4 Å². The first kappa shape index (κ1) is 14.7. The fraction of sp³-hybridized carbons (Fsp3) is 0.619. The number of hydrogen-bond acceptors (Lipinski definition) is 0. The van der Waals surface area contributed by atoms with Gasteiger partial charge >= 0.3 is 0 Å². The third-order valence-electron chi connectivity index (χ3n) is 6.82. The molecule has 0 aromatic heterocycles. The van der Waals surface area contributed by atoms with Gasteiger partial charge in [0.05, 0.1) is 8.07 Å². The lowest BCUT2D eigenvalue weighted by molar-refractivity contribution is 0.655. The highest BCUT2D eigenvalue weighted by atomic mass is 28.3. The molecule has 4 rings (SSSR count). The molecule has 4 aliphatic carbocycles. The molecule has 0 heterocycles. The van der Waals surface area contributed by atoms with Gasteiger partial charge in [-0.15, -0.1) is 0 Å². The molecule has 0 saturated heterocycles. The molecule has 0 aromatic rings. The average molecular weight is 311 g/mol. The van der Waals surface area contributed by atoms with Crippen LogP contribution >= 0.6 is 0 Å². The van der Waals surface area contributed by atoms with Crippen LogP contribution in [0, 0.1) is 0 Å². The predicted molar refractivity (Wildman–Crippen MR) is 98.7 cm³/mol. The summed E-state index contributed by atoms with van der Waals surface area (Å²) in [7, 11) is -1.34. The molecule has 1 heteroatoms. The summed E-state index contributed by atoms with van der Waals surface area (Å²) in [6, 6.07) is 0. The van der Waals surface area contributed by atoms with Gasteiger partial charge in [0.15, 0.2) is 0 Å². The Labute approximate surface area is 137 Å². The smallest absolute Gasteiger partial charge is 0.0779 e. The van der Waals surface area contributed by atoms with Crippen molar-refractivity contribution in [1.82, 2.24) is 0 Å². The number of rotatable bonds is 2. The van der Waals surface area contributed by atoms with Gasteiger partial charge in [-0.1, -0.05) is 47.2 Å². The summed E-state index contributed by atoms with van der Waals surface area (Å²) < 4.78 is 0. The first-order valence-corrected chi connectivity index (χ1v) is 12.5.